The Morgan fingerprint density at radius 2 is 1.47 bits per heavy atom. The Morgan fingerprint density at radius 3 is 2.16 bits per heavy atom. The number of esters is 1. The average molecular weight is 911 g/mol. The molecular weight excluding hydrogens is 840 g/mol. The van der Waals surface area contributed by atoms with E-state index in [0.717, 1.165) is 31.3 Å². The lowest BCUT2D eigenvalue weighted by Gasteiger charge is -2.71. The summed E-state index contributed by atoms with van der Waals surface area (Å²) in [6, 6.07) is 0. The van der Waals surface area contributed by atoms with Crippen molar-refractivity contribution in [1.82, 2.24) is 0 Å². The highest BCUT2D eigenvalue weighted by Crippen LogP contribution is 2.75. The van der Waals surface area contributed by atoms with Crippen molar-refractivity contribution in [1.29, 1.82) is 0 Å². The van der Waals surface area contributed by atoms with E-state index in [2.05, 4.69) is 47.3 Å². The van der Waals surface area contributed by atoms with Crippen molar-refractivity contribution >= 4 is 11.9 Å². The van der Waals surface area contributed by atoms with E-state index in [1.54, 1.807) is 0 Å². The molecule has 0 aromatic carbocycles. The van der Waals surface area contributed by atoms with Crippen LogP contribution >= 0.6 is 0 Å². The van der Waals surface area contributed by atoms with Crippen molar-refractivity contribution in [2.45, 2.75) is 191 Å². The van der Waals surface area contributed by atoms with Crippen molar-refractivity contribution in [2.24, 2.45) is 44.8 Å². The molecule has 362 valence electrons. The molecule has 18 nitrogen and oxygen atoms in total. The minimum atomic E-state index is -1.90. The number of carboxylic acid groups (broad SMARTS) is 1. The Bertz CT molecular complexity index is 1820. The smallest absolute Gasteiger partial charge is 0.335 e. The van der Waals surface area contributed by atoms with E-state index in [0.29, 0.717) is 38.5 Å². The van der Waals surface area contributed by atoms with Crippen molar-refractivity contribution in [3.63, 3.8) is 0 Å². The molecule has 22 atom stereocenters. The molecule has 3 heterocycles. The van der Waals surface area contributed by atoms with Gasteiger partial charge < -0.3 is 79.5 Å². The molecule has 0 bridgehead atoms. The summed E-state index contributed by atoms with van der Waals surface area (Å²) >= 11 is 0. The number of hydrogen-bond donors (Lipinski definition) is 10. The van der Waals surface area contributed by atoms with Gasteiger partial charge in [0.15, 0.2) is 18.7 Å². The normalized spacial score (nSPS) is 52.5. The number of rotatable bonds is 8. The Balaban J connectivity index is 1.02. The average Bonchev–Trinajstić information content (AvgIpc) is 3.24. The van der Waals surface area contributed by atoms with Crippen molar-refractivity contribution < 1.29 is 89.1 Å². The van der Waals surface area contributed by atoms with Gasteiger partial charge in [-0.05, 0) is 97.7 Å². The predicted octanol–water partition coefficient (Wildman–Crippen LogP) is 0.402. The maximum absolute atomic E-state index is 14.5. The van der Waals surface area contributed by atoms with Gasteiger partial charge in [0, 0.05) is 5.92 Å². The fourth-order valence-corrected chi connectivity index (χ4v) is 14.3. The standard InChI is InChI=1S/C46H70O18/c1-20-9-14-46(41(58)64-39-32(53)30(51)29(50)24(18-47)60-39)16-15-44(5)21(22(46)17-20)7-8-26-43(4)12-11-27(42(2,3)25(43)10-13-45(26,44)6)61-40-34(55)35(33(54)36(63-40)37(56)57)62-38-31(52)28(49)23(48)19-59-38/h7,22-36,38-40,47-55H,1,8-19H2,2-6H3,(H,56,57). The van der Waals surface area contributed by atoms with E-state index < -0.39 is 128 Å². The fourth-order valence-electron chi connectivity index (χ4n) is 14.3. The van der Waals surface area contributed by atoms with Crippen LogP contribution in [0.5, 0.6) is 0 Å². The van der Waals surface area contributed by atoms with Crippen LogP contribution in [0.25, 0.3) is 0 Å². The van der Waals surface area contributed by atoms with Gasteiger partial charge in [-0.2, -0.15) is 0 Å². The van der Waals surface area contributed by atoms with Gasteiger partial charge in [-0.25, -0.2) is 4.79 Å². The van der Waals surface area contributed by atoms with Crippen LogP contribution in [0.15, 0.2) is 23.8 Å². The van der Waals surface area contributed by atoms with Crippen molar-refractivity contribution in [2.75, 3.05) is 13.2 Å². The molecule has 0 radical (unpaired) electrons. The molecule has 7 fully saturated rings. The minimum absolute atomic E-state index is 0.119. The number of aliphatic hydroxyl groups excluding tert-OH is 9. The highest BCUT2D eigenvalue weighted by Gasteiger charge is 2.70. The van der Waals surface area contributed by atoms with Crippen LogP contribution in [0.2, 0.25) is 0 Å². The number of ether oxygens (including phenoxy) is 6. The van der Waals surface area contributed by atoms with Crippen LogP contribution in [-0.2, 0) is 38.0 Å². The summed E-state index contributed by atoms with van der Waals surface area (Å²) < 4.78 is 34.9. The molecule has 0 aromatic rings. The van der Waals surface area contributed by atoms with E-state index >= 15 is 0 Å². The Hall–Kier alpha value is -2.14. The number of aliphatic hydroxyl groups is 9. The highest BCUT2D eigenvalue weighted by molar-refractivity contribution is 5.79. The summed E-state index contributed by atoms with van der Waals surface area (Å²) in [5.74, 6) is -1.93. The summed E-state index contributed by atoms with van der Waals surface area (Å²) in [7, 11) is 0. The maximum Gasteiger partial charge on any atom is 0.335 e. The first-order valence-electron chi connectivity index (χ1n) is 23.1. The van der Waals surface area contributed by atoms with E-state index in [9.17, 15) is 60.7 Å². The van der Waals surface area contributed by atoms with Gasteiger partial charge in [-0.1, -0.05) is 58.4 Å². The molecule has 64 heavy (non-hydrogen) atoms. The summed E-state index contributed by atoms with van der Waals surface area (Å²) in [6.45, 7) is 14.7. The molecule has 8 aliphatic rings. The van der Waals surface area contributed by atoms with Crippen molar-refractivity contribution in [3.8, 4) is 0 Å². The molecular formula is C46H70O18. The molecule has 3 aliphatic heterocycles. The lowest BCUT2D eigenvalue weighted by atomic mass is 9.34. The van der Waals surface area contributed by atoms with Crippen LogP contribution < -0.4 is 0 Å². The maximum atomic E-state index is 14.5. The topological polar surface area (TPSA) is 292 Å². The Kier molecular flexibility index (Phi) is 12.9. The number of carbonyl (C=O) groups is 2. The second-order valence-electron chi connectivity index (χ2n) is 21.6. The van der Waals surface area contributed by atoms with Gasteiger partial charge in [-0.3, -0.25) is 4.79 Å². The van der Waals surface area contributed by atoms with Crippen LogP contribution in [0.1, 0.15) is 98.8 Å². The van der Waals surface area contributed by atoms with Crippen LogP contribution in [0.4, 0.5) is 0 Å². The summed E-state index contributed by atoms with van der Waals surface area (Å²) in [4.78, 5) is 26.9. The molecule has 8 rings (SSSR count). The third kappa shape index (κ3) is 7.36. The largest absolute Gasteiger partial charge is 0.479 e. The zero-order chi connectivity index (χ0) is 46.6. The molecule has 5 aliphatic carbocycles. The first-order chi connectivity index (χ1) is 30.0. The molecule has 0 aromatic heterocycles. The van der Waals surface area contributed by atoms with Gasteiger partial charge in [0.25, 0.3) is 0 Å². The highest BCUT2D eigenvalue weighted by atomic mass is 16.7. The predicted molar refractivity (Wildman–Crippen MR) is 220 cm³/mol. The second-order valence-corrected chi connectivity index (χ2v) is 21.6. The van der Waals surface area contributed by atoms with Gasteiger partial charge >= 0.3 is 11.9 Å². The number of carboxylic acids is 1. The zero-order valence-corrected chi connectivity index (χ0v) is 37.4. The molecule has 4 saturated carbocycles. The SMILES string of the molecule is C=C1CCC2(C(=O)OC3OC(CO)C(O)C(O)C3O)CCC3(C)C(=CCC4C5(C)CCC(OC6OC(C(=O)O)C(O)C(OC7OCC(O)C(O)C7O)C6O)C(C)(C)C5CCC43C)C2C1. The van der Waals surface area contributed by atoms with Crippen LogP contribution in [0.3, 0.4) is 0 Å². The van der Waals surface area contributed by atoms with Crippen LogP contribution in [0, 0.1) is 44.8 Å². The lowest BCUT2D eigenvalue weighted by Crippen LogP contribution is -2.67. The zero-order valence-electron chi connectivity index (χ0n) is 37.4. The Labute approximate surface area is 373 Å². The third-order valence-electron chi connectivity index (χ3n) is 18.3. The summed E-state index contributed by atoms with van der Waals surface area (Å²) in [5, 5.41) is 105. The first-order valence-corrected chi connectivity index (χ1v) is 23.1. The van der Waals surface area contributed by atoms with Crippen LogP contribution in [-0.4, -0.2) is 168 Å². The molecule has 18 heteroatoms. The summed E-state index contributed by atoms with van der Waals surface area (Å²) in [6.07, 6.45) is -14.3. The van der Waals surface area contributed by atoms with Gasteiger partial charge in [0.1, 0.15) is 61.0 Å². The van der Waals surface area contributed by atoms with E-state index in [1.165, 1.54) is 5.57 Å². The third-order valence-corrected chi connectivity index (χ3v) is 18.3. The first kappa shape index (κ1) is 48.3. The molecule has 0 amide bonds. The quantitative estimate of drug-likeness (QED) is 0.0896. The van der Waals surface area contributed by atoms with E-state index in [-0.39, 0.29) is 34.0 Å². The molecule has 0 spiro atoms. The number of aliphatic carboxylic acids is 1. The monoisotopic (exact) mass is 910 g/mol. The fraction of sp³-hybridized carbons (Fsp3) is 0.870. The minimum Gasteiger partial charge on any atom is -0.479 e. The summed E-state index contributed by atoms with van der Waals surface area (Å²) in [5.41, 5.74) is 0.120. The molecule has 10 N–H and O–H groups in total. The van der Waals surface area contributed by atoms with Crippen molar-refractivity contribution in [3.05, 3.63) is 23.8 Å². The lowest BCUT2D eigenvalue weighted by molar-refractivity contribution is -0.357. The number of carbonyl (C=O) groups excluding carboxylic acids is 1. The van der Waals surface area contributed by atoms with Gasteiger partial charge in [-0.15, -0.1) is 0 Å². The number of fused-ring (bicyclic) bond motifs is 7. The molecule has 22 unspecified atom stereocenters. The van der Waals surface area contributed by atoms with Gasteiger partial charge in [0.05, 0.1) is 24.7 Å². The molecule has 3 saturated heterocycles. The Morgan fingerprint density at radius 1 is 0.766 bits per heavy atom. The number of hydrogen-bond acceptors (Lipinski definition) is 17. The van der Waals surface area contributed by atoms with E-state index in [4.69, 9.17) is 28.4 Å². The number of allylic oxidation sites excluding steroid dienone is 3. The van der Waals surface area contributed by atoms with Gasteiger partial charge in [0.2, 0.25) is 6.29 Å². The second kappa shape index (κ2) is 17.1. The van der Waals surface area contributed by atoms with E-state index in [1.807, 2.05) is 0 Å².